The van der Waals surface area contributed by atoms with E-state index in [1.54, 1.807) is 0 Å². The number of carbonyl (C=O) groups excluding carboxylic acids is 3. The molecule has 0 radical (unpaired) electrons. The van der Waals surface area contributed by atoms with Crippen molar-refractivity contribution in [2.75, 3.05) is 13.2 Å². The van der Waals surface area contributed by atoms with E-state index in [4.69, 9.17) is 14.2 Å². The molecule has 1 atom stereocenters. The minimum Gasteiger partial charge on any atom is -0.462 e. The van der Waals surface area contributed by atoms with Crippen LogP contribution in [0.3, 0.4) is 0 Å². The predicted octanol–water partition coefficient (Wildman–Crippen LogP) is 15.9. The highest BCUT2D eigenvalue weighted by molar-refractivity contribution is 5.71. The van der Waals surface area contributed by atoms with Crippen molar-refractivity contribution in [3.05, 3.63) is 158 Å². The van der Waals surface area contributed by atoms with Crippen LogP contribution >= 0.6 is 0 Å². The maximum Gasteiger partial charge on any atom is 0.306 e. The molecule has 0 fully saturated rings. The Labute approximate surface area is 384 Å². The van der Waals surface area contributed by atoms with Crippen LogP contribution in [-0.2, 0) is 28.6 Å². The summed E-state index contributed by atoms with van der Waals surface area (Å²) < 4.78 is 16.5. The van der Waals surface area contributed by atoms with Crippen molar-refractivity contribution in [3.63, 3.8) is 0 Å². The molecule has 6 heteroatoms. The van der Waals surface area contributed by atoms with E-state index >= 15 is 0 Å². The third-order valence-electron chi connectivity index (χ3n) is 9.15. The van der Waals surface area contributed by atoms with Gasteiger partial charge in [0.1, 0.15) is 13.2 Å². The molecule has 1 unspecified atom stereocenters. The highest BCUT2D eigenvalue weighted by Crippen LogP contribution is 2.09. The fraction of sp³-hybridized carbons (Fsp3) is 0.491. The molecule has 348 valence electrons. The van der Waals surface area contributed by atoms with E-state index in [9.17, 15) is 14.4 Å². The van der Waals surface area contributed by atoms with Gasteiger partial charge in [-0.2, -0.15) is 0 Å². The maximum absolute atomic E-state index is 12.7. The molecule has 0 spiro atoms. The SMILES string of the molecule is CC\C=C/C=C\C=C/C=C\C=C/CCCC(=O)OC(COC(=O)CC/C=C\C/C=C\C/C=C\C/C=C\C/C=C\C/C=C\CC)COC(=O)CC/C=C\C/C=C\CCCCCCCC. The Morgan fingerprint density at radius 3 is 1.21 bits per heavy atom. The topological polar surface area (TPSA) is 78.9 Å². The lowest BCUT2D eigenvalue weighted by molar-refractivity contribution is -0.166. The van der Waals surface area contributed by atoms with Crippen LogP contribution in [0.15, 0.2) is 158 Å². The van der Waals surface area contributed by atoms with E-state index in [2.05, 4.69) is 106 Å². The van der Waals surface area contributed by atoms with Gasteiger partial charge in [-0.3, -0.25) is 14.4 Å². The number of allylic oxidation sites excluding steroid dienone is 26. The summed E-state index contributed by atoms with van der Waals surface area (Å²) in [6.45, 7) is 6.14. The van der Waals surface area contributed by atoms with Crippen molar-refractivity contribution in [3.8, 4) is 0 Å². The third-order valence-corrected chi connectivity index (χ3v) is 9.15. The zero-order chi connectivity index (χ0) is 45.8. The minimum absolute atomic E-state index is 0.168. The van der Waals surface area contributed by atoms with Gasteiger partial charge in [0.25, 0.3) is 0 Å². The Bertz CT molecular complexity index is 1510. The molecule has 0 aromatic carbocycles. The molecule has 6 nitrogen and oxygen atoms in total. The second-order valence-corrected chi connectivity index (χ2v) is 15.0. The van der Waals surface area contributed by atoms with Crippen LogP contribution in [0.1, 0.15) is 162 Å². The van der Waals surface area contributed by atoms with Crippen LogP contribution in [0.5, 0.6) is 0 Å². The maximum atomic E-state index is 12.7. The Balaban J connectivity index is 4.69. The van der Waals surface area contributed by atoms with Crippen molar-refractivity contribution in [1.29, 1.82) is 0 Å². The van der Waals surface area contributed by atoms with E-state index < -0.39 is 18.0 Å². The van der Waals surface area contributed by atoms with Gasteiger partial charge in [-0.15, -0.1) is 0 Å². The van der Waals surface area contributed by atoms with Gasteiger partial charge in [0.2, 0.25) is 0 Å². The fourth-order valence-corrected chi connectivity index (χ4v) is 5.61. The number of carbonyl (C=O) groups is 3. The molecule has 0 bridgehead atoms. The van der Waals surface area contributed by atoms with Crippen LogP contribution < -0.4 is 0 Å². The van der Waals surface area contributed by atoms with E-state index in [1.807, 2.05) is 72.9 Å². The molecule has 0 amide bonds. The molecule has 0 aromatic heterocycles. The Morgan fingerprint density at radius 2 is 0.730 bits per heavy atom. The summed E-state index contributed by atoms with van der Waals surface area (Å²) >= 11 is 0. The molecular formula is C57H84O6. The molecule has 63 heavy (non-hydrogen) atoms. The molecule has 0 rings (SSSR count). The molecule has 0 saturated heterocycles. The quantitative estimate of drug-likeness (QED) is 0.0201. The first-order valence-corrected chi connectivity index (χ1v) is 24.1. The number of hydrogen-bond acceptors (Lipinski definition) is 6. The zero-order valence-electron chi connectivity index (χ0n) is 39.5. The van der Waals surface area contributed by atoms with Gasteiger partial charge < -0.3 is 14.2 Å². The molecule has 0 N–H and O–H groups in total. The monoisotopic (exact) mass is 865 g/mol. The predicted molar refractivity (Wildman–Crippen MR) is 269 cm³/mol. The molecule has 0 aliphatic rings. The van der Waals surface area contributed by atoms with E-state index in [-0.39, 0.29) is 38.4 Å². The zero-order valence-corrected chi connectivity index (χ0v) is 39.5. The van der Waals surface area contributed by atoms with Crippen LogP contribution in [0.4, 0.5) is 0 Å². The highest BCUT2D eigenvalue weighted by Gasteiger charge is 2.19. The number of rotatable bonds is 40. The molecular weight excluding hydrogens is 781 g/mol. The molecule has 0 aliphatic heterocycles. The first kappa shape index (κ1) is 58.0. The standard InChI is InChI=1S/C57H84O6/c1-4-7-10-13-16-19-22-25-26-27-28-29-30-33-35-38-41-44-47-50-56(59)62-53-54(63-57(60)51-48-45-42-39-36-32-24-21-18-15-12-9-6-3)52-61-55(58)49-46-43-40-37-34-31-23-20-17-14-11-8-5-2/h7,9-10,12,15-16,18-19,21,24-26,28-29,31-36,39-44,54H,4-6,8,11,13-14,17,20,22-23,27,30,37-38,45-53H2,1-3H3/b10-7-,12-9-,18-15-,19-16-,24-21-,26-25-,29-28-,34-31-,35-33-,36-32-,42-39-,43-40-,44-41-. The molecule has 0 aromatic rings. The van der Waals surface area contributed by atoms with Gasteiger partial charge in [-0.1, -0.05) is 211 Å². The summed E-state index contributed by atoms with van der Waals surface area (Å²) in [6, 6.07) is 0. The van der Waals surface area contributed by atoms with Crippen LogP contribution in [-0.4, -0.2) is 37.2 Å². The smallest absolute Gasteiger partial charge is 0.306 e. The lowest BCUT2D eigenvalue weighted by atomic mass is 10.1. The largest absolute Gasteiger partial charge is 0.462 e. The summed E-state index contributed by atoms with van der Waals surface area (Å²) in [5.41, 5.74) is 0. The lowest BCUT2D eigenvalue weighted by Gasteiger charge is -2.18. The Hall–Kier alpha value is -4.97. The van der Waals surface area contributed by atoms with Gasteiger partial charge in [0.05, 0.1) is 0 Å². The summed E-state index contributed by atoms with van der Waals surface area (Å²) in [5.74, 6) is -1.21. The fourth-order valence-electron chi connectivity index (χ4n) is 5.61. The average Bonchev–Trinajstić information content (AvgIpc) is 3.28. The molecule has 0 saturated carbocycles. The summed E-state index contributed by atoms with van der Waals surface area (Å²) in [7, 11) is 0. The van der Waals surface area contributed by atoms with E-state index in [0.29, 0.717) is 25.7 Å². The summed E-state index contributed by atoms with van der Waals surface area (Å²) in [6.07, 6.45) is 72.6. The Kier molecular flexibility index (Phi) is 45.8. The van der Waals surface area contributed by atoms with Crippen molar-refractivity contribution >= 4 is 17.9 Å². The second kappa shape index (κ2) is 49.7. The number of ether oxygens (including phenoxy) is 3. The first-order valence-electron chi connectivity index (χ1n) is 24.1. The summed E-state index contributed by atoms with van der Waals surface area (Å²) in [4.78, 5) is 37.8. The van der Waals surface area contributed by atoms with Crippen molar-refractivity contribution in [2.45, 2.75) is 168 Å². The van der Waals surface area contributed by atoms with Crippen molar-refractivity contribution in [1.82, 2.24) is 0 Å². The lowest BCUT2D eigenvalue weighted by Crippen LogP contribution is -2.30. The number of esters is 3. The van der Waals surface area contributed by atoms with Crippen LogP contribution in [0, 0.1) is 0 Å². The third kappa shape index (κ3) is 47.9. The normalized spacial score (nSPS) is 13.5. The van der Waals surface area contributed by atoms with Gasteiger partial charge in [0, 0.05) is 19.3 Å². The van der Waals surface area contributed by atoms with Crippen LogP contribution in [0.25, 0.3) is 0 Å². The van der Waals surface area contributed by atoms with E-state index in [1.165, 1.54) is 38.5 Å². The first-order chi connectivity index (χ1) is 31.0. The van der Waals surface area contributed by atoms with Gasteiger partial charge >= 0.3 is 17.9 Å². The minimum atomic E-state index is -0.875. The molecule has 0 heterocycles. The number of hydrogen-bond donors (Lipinski definition) is 0. The summed E-state index contributed by atoms with van der Waals surface area (Å²) in [5, 5.41) is 0. The van der Waals surface area contributed by atoms with Gasteiger partial charge in [-0.25, -0.2) is 0 Å². The van der Waals surface area contributed by atoms with E-state index in [0.717, 1.165) is 57.8 Å². The van der Waals surface area contributed by atoms with Crippen molar-refractivity contribution in [2.24, 2.45) is 0 Å². The highest BCUT2D eigenvalue weighted by atomic mass is 16.6. The van der Waals surface area contributed by atoms with Gasteiger partial charge in [-0.05, 0) is 89.9 Å². The van der Waals surface area contributed by atoms with Gasteiger partial charge in [0.15, 0.2) is 6.10 Å². The average molecular weight is 865 g/mol. The molecule has 0 aliphatic carbocycles. The number of unbranched alkanes of at least 4 members (excludes halogenated alkanes) is 7. The van der Waals surface area contributed by atoms with Crippen LogP contribution in [0.2, 0.25) is 0 Å². The van der Waals surface area contributed by atoms with Crippen molar-refractivity contribution < 1.29 is 28.6 Å². The Morgan fingerprint density at radius 1 is 0.349 bits per heavy atom. The second-order valence-electron chi connectivity index (χ2n) is 15.0.